The van der Waals surface area contributed by atoms with Crippen LogP contribution in [0.15, 0.2) is 206 Å². The van der Waals surface area contributed by atoms with E-state index in [2.05, 4.69) is 211 Å². The van der Waals surface area contributed by atoms with Crippen LogP contribution in [0.3, 0.4) is 0 Å². The van der Waals surface area contributed by atoms with Crippen molar-refractivity contribution in [1.29, 1.82) is 0 Å². The van der Waals surface area contributed by atoms with E-state index in [1.54, 1.807) is 11.1 Å². The molecule has 15 rings (SSSR count). The molecule has 6 aliphatic carbocycles. The summed E-state index contributed by atoms with van der Waals surface area (Å²) >= 11 is 0. The highest BCUT2D eigenvalue weighted by Crippen LogP contribution is 2.94. The Balaban J connectivity index is 0.969. The molecule has 4 unspecified atom stereocenters. The van der Waals surface area contributed by atoms with Crippen molar-refractivity contribution in [2.24, 2.45) is 29.1 Å². The summed E-state index contributed by atoms with van der Waals surface area (Å²) in [6.45, 7) is 0. The van der Waals surface area contributed by atoms with Crippen molar-refractivity contribution in [1.82, 2.24) is 0 Å². The minimum atomic E-state index is 0.148. The van der Waals surface area contributed by atoms with Gasteiger partial charge in [0.15, 0.2) is 0 Å². The van der Waals surface area contributed by atoms with Gasteiger partial charge in [0.05, 0.1) is 17.1 Å². The molecule has 9 aromatic rings. The summed E-state index contributed by atoms with van der Waals surface area (Å²) in [4.78, 5) is 2.63. The molecule has 328 valence electrons. The Kier molecular flexibility index (Phi) is 8.49. The van der Waals surface area contributed by atoms with Gasteiger partial charge in [0, 0.05) is 22.1 Å². The summed E-state index contributed by atoms with van der Waals surface area (Å²) < 4.78 is 0. The van der Waals surface area contributed by atoms with Gasteiger partial charge in [-0.25, -0.2) is 0 Å². The lowest BCUT2D eigenvalue weighted by Crippen LogP contribution is -2.88. The van der Waals surface area contributed by atoms with Gasteiger partial charge in [-0.05, 0) is 164 Å². The van der Waals surface area contributed by atoms with Crippen molar-refractivity contribution in [3.8, 4) is 55.6 Å². The average molecular weight is 874 g/mol. The maximum atomic E-state index is 2.67. The van der Waals surface area contributed by atoms with Crippen LogP contribution >= 0.6 is 0 Å². The van der Waals surface area contributed by atoms with Crippen LogP contribution in [0.4, 0.5) is 17.1 Å². The first-order chi connectivity index (χ1) is 33.7. The highest BCUT2D eigenvalue weighted by molar-refractivity contribution is 6.05. The van der Waals surface area contributed by atoms with Crippen LogP contribution in [0.5, 0.6) is 0 Å². The Labute approximate surface area is 401 Å². The molecule has 68 heavy (non-hydrogen) atoms. The van der Waals surface area contributed by atoms with Gasteiger partial charge in [-0.1, -0.05) is 195 Å². The van der Waals surface area contributed by atoms with Crippen molar-refractivity contribution in [2.75, 3.05) is 4.90 Å². The number of nitrogens with zero attached hydrogens (tertiary/aromatic N) is 1. The standard InChI is InChI=1S/C67H55N/c1-4-18-43(19-5-1)47-35-37-62(57(38-47)45-22-8-3-9-23-45)68(61-33-15-12-28-55(61)56-30-17-25-46-24-16-29-52(65(46)56)44-20-6-2-7-21-44)60-32-14-11-26-51(60)48-34-36-54-53-27-10-13-31-58(53)67(59(54)39-48)63-41-49-40-50-42-64(67)66(49,50)63/h1,3-5,8-19,22-39,44,49-50,63-64H,2,6-7,20-21,40-42H2. The molecule has 4 atom stereocenters. The smallest absolute Gasteiger partial charge is 0.0540 e. The second kappa shape index (κ2) is 14.8. The van der Waals surface area contributed by atoms with Crippen LogP contribution < -0.4 is 4.90 Å². The Morgan fingerprint density at radius 2 is 0.956 bits per heavy atom. The normalized spacial score (nSPS) is 24.6. The van der Waals surface area contributed by atoms with E-state index in [0.717, 1.165) is 23.7 Å². The predicted octanol–water partition coefficient (Wildman–Crippen LogP) is 18.0. The maximum absolute atomic E-state index is 2.67. The average Bonchev–Trinajstić information content (AvgIpc) is 3.69. The van der Waals surface area contributed by atoms with E-state index in [4.69, 9.17) is 0 Å². The van der Waals surface area contributed by atoms with Crippen LogP contribution in [0.25, 0.3) is 66.4 Å². The summed E-state index contributed by atoms with van der Waals surface area (Å²) in [6, 6.07) is 78.9. The fourth-order valence-electron chi connectivity index (χ4n) is 16.1. The molecule has 2 spiro atoms. The zero-order valence-corrected chi connectivity index (χ0v) is 38.6. The Hall–Kier alpha value is -6.96. The molecule has 0 bridgehead atoms. The molecule has 1 heteroatoms. The number of hydrogen-bond donors (Lipinski definition) is 0. The van der Waals surface area contributed by atoms with Gasteiger partial charge in [-0.15, -0.1) is 0 Å². The summed E-state index contributed by atoms with van der Waals surface area (Å²) in [7, 11) is 0. The molecular weight excluding hydrogens is 819 g/mol. The van der Waals surface area contributed by atoms with Crippen molar-refractivity contribution in [3.05, 3.63) is 223 Å². The van der Waals surface area contributed by atoms with E-state index < -0.39 is 0 Å². The van der Waals surface area contributed by atoms with Crippen molar-refractivity contribution in [3.63, 3.8) is 0 Å². The molecule has 6 aliphatic rings. The monoisotopic (exact) mass is 873 g/mol. The van der Waals surface area contributed by atoms with Gasteiger partial charge in [-0.2, -0.15) is 0 Å². The van der Waals surface area contributed by atoms with E-state index in [9.17, 15) is 0 Å². The molecule has 1 nitrogen and oxygen atoms in total. The van der Waals surface area contributed by atoms with E-state index in [-0.39, 0.29) is 5.41 Å². The Morgan fingerprint density at radius 3 is 1.71 bits per heavy atom. The number of benzene rings is 9. The number of rotatable bonds is 8. The fraction of sp³-hybridized carbons (Fsp3) is 0.224. The van der Waals surface area contributed by atoms with Crippen LogP contribution in [0.2, 0.25) is 0 Å². The first-order valence-corrected chi connectivity index (χ1v) is 25.7. The SMILES string of the molecule is c1ccc(-c2ccc(N(c3ccccc3-c3ccc4c(c3)C3(c5ccccc5-4)C4CC5CC6CC3C564)c3ccccc3-c3cccc4cccc(C5CCCCC5)c34)c(-c3ccccc3)c2)cc1. The van der Waals surface area contributed by atoms with Gasteiger partial charge in [0.1, 0.15) is 0 Å². The molecule has 0 amide bonds. The summed E-state index contributed by atoms with van der Waals surface area (Å²) in [6.07, 6.45) is 10.8. The first-order valence-electron chi connectivity index (χ1n) is 25.7. The van der Waals surface area contributed by atoms with Gasteiger partial charge in [0.25, 0.3) is 0 Å². The quantitative estimate of drug-likeness (QED) is 0.147. The second-order valence-electron chi connectivity index (χ2n) is 21.3. The molecule has 0 heterocycles. The fourth-order valence-corrected chi connectivity index (χ4v) is 16.1. The molecular formula is C67H55N. The van der Waals surface area contributed by atoms with Crippen molar-refractivity contribution < 1.29 is 0 Å². The summed E-state index contributed by atoms with van der Waals surface area (Å²) in [5.41, 5.74) is 22.0. The van der Waals surface area contributed by atoms with Crippen LogP contribution in [0, 0.1) is 29.1 Å². The number of para-hydroxylation sites is 2. The Morgan fingerprint density at radius 1 is 0.368 bits per heavy atom. The molecule has 0 N–H and O–H groups in total. The minimum absolute atomic E-state index is 0.148. The van der Waals surface area contributed by atoms with Crippen LogP contribution in [-0.2, 0) is 5.41 Å². The lowest BCUT2D eigenvalue weighted by molar-refractivity contribution is -0.412. The minimum Gasteiger partial charge on any atom is -0.309 e. The highest BCUT2D eigenvalue weighted by atomic mass is 15.2. The molecule has 0 aliphatic heterocycles. The molecule has 0 radical (unpaired) electrons. The zero-order valence-electron chi connectivity index (χ0n) is 38.6. The largest absolute Gasteiger partial charge is 0.309 e. The van der Waals surface area contributed by atoms with Crippen molar-refractivity contribution in [2.45, 2.75) is 62.7 Å². The third kappa shape index (κ3) is 5.18. The van der Waals surface area contributed by atoms with Gasteiger partial charge in [0.2, 0.25) is 0 Å². The summed E-state index contributed by atoms with van der Waals surface area (Å²) in [5.74, 6) is 4.09. The van der Waals surface area contributed by atoms with Gasteiger partial charge >= 0.3 is 0 Å². The van der Waals surface area contributed by atoms with Crippen molar-refractivity contribution >= 4 is 27.8 Å². The third-order valence-electron chi connectivity index (χ3n) is 18.8. The van der Waals surface area contributed by atoms with E-state index in [1.807, 2.05) is 0 Å². The molecule has 9 aromatic carbocycles. The van der Waals surface area contributed by atoms with Crippen LogP contribution in [0.1, 0.15) is 74.0 Å². The number of fused-ring (bicyclic) bond motifs is 8. The molecule has 0 aromatic heterocycles. The first kappa shape index (κ1) is 39.1. The van der Waals surface area contributed by atoms with E-state index in [1.165, 1.54) is 140 Å². The van der Waals surface area contributed by atoms with Crippen LogP contribution in [-0.4, -0.2) is 0 Å². The second-order valence-corrected chi connectivity index (χ2v) is 21.3. The summed E-state index contributed by atoms with van der Waals surface area (Å²) in [5, 5.41) is 2.74. The Bertz CT molecular complexity index is 3440. The molecule has 5 saturated carbocycles. The zero-order chi connectivity index (χ0) is 44.6. The van der Waals surface area contributed by atoms with Gasteiger partial charge < -0.3 is 4.90 Å². The molecule has 0 saturated heterocycles. The predicted molar refractivity (Wildman–Crippen MR) is 283 cm³/mol. The van der Waals surface area contributed by atoms with Gasteiger partial charge in [-0.3, -0.25) is 0 Å². The maximum Gasteiger partial charge on any atom is 0.0540 e. The topological polar surface area (TPSA) is 3.24 Å². The lowest BCUT2D eigenvalue weighted by Gasteiger charge is -2.92. The lowest BCUT2D eigenvalue weighted by atomic mass is 9.11. The third-order valence-corrected chi connectivity index (χ3v) is 18.8. The van der Waals surface area contributed by atoms with E-state index in [0.29, 0.717) is 11.3 Å². The number of anilines is 3. The number of hydrogen-bond acceptors (Lipinski definition) is 1. The highest BCUT2D eigenvalue weighted by Gasteiger charge is 2.90. The van der Waals surface area contributed by atoms with E-state index >= 15 is 0 Å². The molecule has 5 fully saturated rings.